The second kappa shape index (κ2) is 7.57. The first kappa shape index (κ1) is 17.3. The summed E-state index contributed by atoms with van der Waals surface area (Å²) in [6.45, 7) is 2.75. The highest BCUT2D eigenvalue weighted by Gasteiger charge is 2.24. The summed E-state index contributed by atoms with van der Waals surface area (Å²) in [6, 6.07) is 6.94. The van der Waals surface area contributed by atoms with Crippen molar-refractivity contribution in [3.63, 3.8) is 0 Å². The monoisotopic (exact) mass is 361 g/mol. The highest BCUT2D eigenvalue weighted by molar-refractivity contribution is 6.33. The minimum Gasteiger partial charge on any atom is -0.496 e. The highest BCUT2D eigenvalue weighted by atomic mass is 35.5. The first-order valence-electron chi connectivity index (χ1n) is 8.05. The third kappa shape index (κ3) is 3.76. The van der Waals surface area contributed by atoms with Crippen molar-refractivity contribution in [3.8, 4) is 5.75 Å². The number of nitrogen functional groups attached to an aromatic ring is 1. The van der Waals surface area contributed by atoms with Crippen molar-refractivity contribution in [2.45, 2.75) is 6.42 Å². The summed E-state index contributed by atoms with van der Waals surface area (Å²) in [5.41, 5.74) is 6.61. The zero-order valence-corrected chi connectivity index (χ0v) is 14.7. The maximum absolute atomic E-state index is 12.9. The summed E-state index contributed by atoms with van der Waals surface area (Å²) in [4.78, 5) is 16.9. The third-order valence-corrected chi connectivity index (χ3v) is 4.54. The third-order valence-electron chi connectivity index (χ3n) is 4.21. The molecule has 0 unspecified atom stereocenters. The van der Waals surface area contributed by atoms with Crippen molar-refractivity contribution in [1.82, 2.24) is 15.1 Å². The van der Waals surface area contributed by atoms with Gasteiger partial charge in [0.25, 0.3) is 5.91 Å². The molecule has 1 aliphatic heterocycles. The number of ether oxygens (including phenoxy) is 1. The van der Waals surface area contributed by atoms with Crippen LogP contribution in [0.4, 0.5) is 11.5 Å². The predicted molar refractivity (Wildman–Crippen MR) is 97.2 cm³/mol. The van der Waals surface area contributed by atoms with E-state index in [1.807, 2.05) is 12.1 Å². The molecule has 0 radical (unpaired) electrons. The molecule has 2 heterocycles. The lowest BCUT2D eigenvalue weighted by molar-refractivity contribution is 0.0763. The fourth-order valence-corrected chi connectivity index (χ4v) is 3.05. The lowest BCUT2D eigenvalue weighted by Crippen LogP contribution is -2.35. The van der Waals surface area contributed by atoms with Crippen molar-refractivity contribution in [2.75, 3.05) is 43.9 Å². The molecule has 1 amide bonds. The van der Waals surface area contributed by atoms with Gasteiger partial charge in [-0.2, -0.15) is 5.10 Å². The van der Waals surface area contributed by atoms with Gasteiger partial charge in [-0.15, -0.1) is 5.10 Å². The van der Waals surface area contributed by atoms with Gasteiger partial charge < -0.3 is 20.3 Å². The van der Waals surface area contributed by atoms with Gasteiger partial charge in [-0.3, -0.25) is 4.79 Å². The average molecular weight is 362 g/mol. The van der Waals surface area contributed by atoms with E-state index in [9.17, 15) is 4.79 Å². The largest absolute Gasteiger partial charge is 0.496 e. The molecule has 1 aromatic carbocycles. The van der Waals surface area contributed by atoms with Gasteiger partial charge in [0.1, 0.15) is 5.75 Å². The van der Waals surface area contributed by atoms with Crippen molar-refractivity contribution in [2.24, 2.45) is 0 Å². The van der Waals surface area contributed by atoms with Crippen LogP contribution in [0.25, 0.3) is 0 Å². The predicted octanol–water partition coefficient (Wildman–Crippen LogP) is 2.07. The number of methoxy groups -OCH3 is 1. The number of hydrogen-bond acceptors (Lipinski definition) is 6. The van der Waals surface area contributed by atoms with E-state index in [-0.39, 0.29) is 5.91 Å². The van der Waals surface area contributed by atoms with Gasteiger partial charge in [0.15, 0.2) is 5.82 Å². The molecule has 1 fully saturated rings. The fourth-order valence-electron chi connectivity index (χ4n) is 2.89. The topological polar surface area (TPSA) is 84.6 Å². The number of nitrogens with two attached hydrogens (primary N) is 1. The SMILES string of the molecule is COc1cc(N)c(Cl)cc1C(=O)N1CCCN(c2cccnn2)CC1. The lowest BCUT2D eigenvalue weighted by atomic mass is 10.1. The average Bonchev–Trinajstić information content (AvgIpc) is 2.90. The molecule has 132 valence electrons. The number of carbonyl (C=O) groups excluding carboxylic acids is 1. The van der Waals surface area contributed by atoms with E-state index < -0.39 is 0 Å². The first-order chi connectivity index (χ1) is 12.1. The Kier molecular flexibility index (Phi) is 5.23. The number of carbonyl (C=O) groups is 1. The van der Waals surface area contributed by atoms with Gasteiger partial charge in [-0.1, -0.05) is 11.6 Å². The maximum atomic E-state index is 12.9. The van der Waals surface area contributed by atoms with Crippen LogP contribution in [0.2, 0.25) is 5.02 Å². The summed E-state index contributed by atoms with van der Waals surface area (Å²) in [6.07, 6.45) is 2.49. The minimum absolute atomic E-state index is 0.111. The normalized spacial score (nSPS) is 15.0. The van der Waals surface area contributed by atoms with E-state index in [1.54, 1.807) is 23.2 Å². The van der Waals surface area contributed by atoms with Gasteiger partial charge in [0.2, 0.25) is 0 Å². The Bertz CT molecular complexity index is 756. The van der Waals surface area contributed by atoms with Crippen molar-refractivity contribution in [1.29, 1.82) is 0 Å². The van der Waals surface area contributed by atoms with Gasteiger partial charge in [0, 0.05) is 38.4 Å². The molecule has 7 nitrogen and oxygen atoms in total. The van der Waals surface area contributed by atoms with Crippen LogP contribution in [0.5, 0.6) is 5.75 Å². The van der Waals surface area contributed by atoms with Crippen LogP contribution in [0.3, 0.4) is 0 Å². The van der Waals surface area contributed by atoms with Gasteiger partial charge in [-0.25, -0.2) is 0 Å². The second-order valence-corrected chi connectivity index (χ2v) is 6.20. The number of aromatic nitrogens is 2. The molecule has 0 aliphatic carbocycles. The quantitative estimate of drug-likeness (QED) is 0.842. The number of rotatable bonds is 3. The van der Waals surface area contributed by atoms with Crippen LogP contribution >= 0.6 is 11.6 Å². The van der Waals surface area contributed by atoms with Crippen molar-refractivity contribution in [3.05, 3.63) is 41.0 Å². The van der Waals surface area contributed by atoms with Crippen LogP contribution < -0.4 is 15.4 Å². The molecule has 0 saturated carbocycles. The molecular weight excluding hydrogens is 342 g/mol. The van der Waals surface area contributed by atoms with Gasteiger partial charge in [0.05, 0.1) is 23.4 Å². The van der Waals surface area contributed by atoms with Crippen molar-refractivity contribution < 1.29 is 9.53 Å². The van der Waals surface area contributed by atoms with E-state index in [1.165, 1.54) is 7.11 Å². The zero-order valence-electron chi connectivity index (χ0n) is 14.0. The Balaban J connectivity index is 1.77. The van der Waals surface area contributed by atoms with Gasteiger partial charge >= 0.3 is 0 Å². The number of nitrogens with zero attached hydrogens (tertiary/aromatic N) is 4. The van der Waals surface area contributed by atoms with Crippen LogP contribution in [-0.2, 0) is 0 Å². The van der Waals surface area contributed by atoms with Crippen molar-refractivity contribution >= 4 is 29.0 Å². The highest BCUT2D eigenvalue weighted by Crippen LogP contribution is 2.30. The molecule has 0 atom stereocenters. The van der Waals surface area contributed by atoms with Crippen LogP contribution in [-0.4, -0.2) is 54.3 Å². The number of benzene rings is 1. The van der Waals surface area contributed by atoms with E-state index in [0.29, 0.717) is 41.7 Å². The minimum atomic E-state index is -0.111. The van der Waals surface area contributed by atoms with Gasteiger partial charge in [-0.05, 0) is 24.6 Å². The Hall–Kier alpha value is -2.54. The molecular formula is C17H20ClN5O2. The van der Waals surface area contributed by atoms with E-state index >= 15 is 0 Å². The number of anilines is 2. The first-order valence-corrected chi connectivity index (χ1v) is 8.43. The molecule has 2 N–H and O–H groups in total. The van der Waals surface area contributed by atoms with E-state index in [0.717, 1.165) is 18.8 Å². The smallest absolute Gasteiger partial charge is 0.257 e. The molecule has 0 spiro atoms. The standard InChI is InChI=1S/C17H20ClN5O2/c1-25-15-11-14(19)13(18)10-12(15)17(24)23-7-3-6-22(8-9-23)16-4-2-5-20-21-16/h2,4-5,10-11H,3,6-9,19H2,1H3. The summed E-state index contributed by atoms with van der Waals surface area (Å²) in [7, 11) is 1.51. The lowest BCUT2D eigenvalue weighted by Gasteiger charge is -2.23. The molecule has 3 rings (SSSR count). The Labute approximate surface area is 151 Å². The number of halogens is 1. The molecule has 0 bridgehead atoms. The molecule has 1 saturated heterocycles. The van der Waals surface area contributed by atoms with Crippen LogP contribution in [0, 0.1) is 0 Å². The molecule has 1 aromatic heterocycles. The molecule has 2 aromatic rings. The van der Waals surface area contributed by atoms with Crippen LogP contribution in [0.15, 0.2) is 30.5 Å². The van der Waals surface area contributed by atoms with Crippen LogP contribution in [0.1, 0.15) is 16.8 Å². The Morgan fingerprint density at radius 3 is 2.84 bits per heavy atom. The summed E-state index contributed by atoms with van der Waals surface area (Å²) in [5, 5.41) is 8.41. The Morgan fingerprint density at radius 2 is 2.12 bits per heavy atom. The number of hydrogen-bond donors (Lipinski definition) is 1. The summed E-state index contributed by atoms with van der Waals surface area (Å²) in [5.74, 6) is 1.14. The van der Waals surface area contributed by atoms with E-state index in [4.69, 9.17) is 22.1 Å². The molecule has 8 heteroatoms. The summed E-state index contributed by atoms with van der Waals surface area (Å²) < 4.78 is 5.30. The molecule has 1 aliphatic rings. The second-order valence-electron chi connectivity index (χ2n) is 5.79. The Morgan fingerprint density at radius 1 is 1.28 bits per heavy atom. The molecule has 25 heavy (non-hydrogen) atoms. The number of amides is 1. The summed E-state index contributed by atoms with van der Waals surface area (Å²) >= 11 is 6.09. The van der Waals surface area contributed by atoms with E-state index in [2.05, 4.69) is 15.1 Å². The fraction of sp³-hybridized carbons (Fsp3) is 0.353. The maximum Gasteiger partial charge on any atom is 0.257 e. The zero-order chi connectivity index (χ0) is 17.8.